The zero-order valence-corrected chi connectivity index (χ0v) is 17.5. The minimum absolute atomic E-state index is 0.119. The number of benzene rings is 2. The Hall–Kier alpha value is -2.71. The van der Waals surface area contributed by atoms with E-state index < -0.39 is 15.9 Å². The normalized spacial score (nSPS) is 17.3. The number of hydrogen-bond acceptors (Lipinski definition) is 4. The van der Waals surface area contributed by atoms with E-state index in [4.69, 9.17) is 0 Å². The molecule has 1 aliphatic heterocycles. The predicted molar refractivity (Wildman–Crippen MR) is 114 cm³/mol. The van der Waals surface area contributed by atoms with Crippen molar-refractivity contribution >= 4 is 27.5 Å². The highest BCUT2D eigenvalue weighted by molar-refractivity contribution is 7.89. The van der Waals surface area contributed by atoms with Gasteiger partial charge in [-0.1, -0.05) is 12.5 Å². The number of carbonyl (C=O) groups excluding carboxylic acids is 2. The third-order valence-corrected chi connectivity index (χ3v) is 7.26. The van der Waals surface area contributed by atoms with Gasteiger partial charge in [-0.2, -0.15) is 4.31 Å². The molecule has 2 N–H and O–H groups in total. The van der Waals surface area contributed by atoms with Crippen molar-refractivity contribution in [1.29, 1.82) is 0 Å². The molecule has 0 atom stereocenters. The van der Waals surface area contributed by atoms with E-state index in [-0.39, 0.29) is 22.4 Å². The molecule has 4 rings (SSSR count). The third kappa shape index (κ3) is 4.71. The number of amides is 2. The minimum Gasteiger partial charge on any atom is -0.349 e. The van der Waals surface area contributed by atoms with Gasteiger partial charge in [0.25, 0.3) is 11.8 Å². The van der Waals surface area contributed by atoms with Gasteiger partial charge in [-0.25, -0.2) is 8.42 Å². The molecule has 2 amide bonds. The lowest BCUT2D eigenvalue weighted by Crippen LogP contribution is -2.35. The van der Waals surface area contributed by atoms with E-state index >= 15 is 0 Å². The molecule has 1 saturated carbocycles. The van der Waals surface area contributed by atoms with Gasteiger partial charge in [-0.05, 0) is 68.1 Å². The summed E-state index contributed by atoms with van der Waals surface area (Å²) in [6, 6.07) is 13.0. The molecule has 7 nitrogen and oxygen atoms in total. The summed E-state index contributed by atoms with van der Waals surface area (Å²) >= 11 is 0. The van der Waals surface area contributed by atoms with Gasteiger partial charge in [0, 0.05) is 35.9 Å². The van der Waals surface area contributed by atoms with Crippen LogP contribution in [-0.2, 0) is 10.0 Å². The van der Waals surface area contributed by atoms with E-state index in [0.29, 0.717) is 24.3 Å². The number of nitrogens with one attached hydrogen (secondary N) is 2. The molecule has 158 valence electrons. The Kier molecular flexibility index (Phi) is 5.87. The average molecular weight is 428 g/mol. The van der Waals surface area contributed by atoms with E-state index in [1.54, 1.807) is 36.4 Å². The second-order valence-electron chi connectivity index (χ2n) is 7.77. The Labute approximate surface area is 176 Å². The molecular weight excluding hydrogens is 402 g/mol. The number of hydrogen-bond donors (Lipinski definition) is 2. The first kappa shape index (κ1) is 20.6. The predicted octanol–water partition coefficient (Wildman–Crippen LogP) is 3.01. The number of rotatable bonds is 6. The van der Waals surface area contributed by atoms with Crippen LogP contribution in [0.2, 0.25) is 0 Å². The fourth-order valence-corrected chi connectivity index (χ4v) is 5.02. The van der Waals surface area contributed by atoms with Crippen LogP contribution >= 0.6 is 0 Å². The van der Waals surface area contributed by atoms with Gasteiger partial charge >= 0.3 is 0 Å². The largest absolute Gasteiger partial charge is 0.349 e. The summed E-state index contributed by atoms with van der Waals surface area (Å²) in [5.41, 5.74) is 1.34. The number of sulfonamides is 1. The molecule has 1 heterocycles. The summed E-state index contributed by atoms with van der Waals surface area (Å²) < 4.78 is 27.2. The second-order valence-corrected chi connectivity index (χ2v) is 9.71. The first-order valence-corrected chi connectivity index (χ1v) is 11.7. The molecule has 1 saturated heterocycles. The van der Waals surface area contributed by atoms with Crippen molar-refractivity contribution in [3.8, 4) is 0 Å². The SMILES string of the molecule is O=C(Nc1ccc(C(=O)NC2CC2)cc1)c1cccc(S(=O)(=O)N2CCCCC2)c1. The molecule has 0 bridgehead atoms. The van der Waals surface area contributed by atoms with Crippen LogP contribution in [0.5, 0.6) is 0 Å². The Balaban J connectivity index is 1.44. The van der Waals surface area contributed by atoms with Gasteiger partial charge in [0.1, 0.15) is 0 Å². The van der Waals surface area contributed by atoms with Crippen LogP contribution in [0.3, 0.4) is 0 Å². The molecule has 0 radical (unpaired) electrons. The monoisotopic (exact) mass is 427 g/mol. The van der Waals surface area contributed by atoms with Crippen molar-refractivity contribution in [3.05, 3.63) is 59.7 Å². The van der Waals surface area contributed by atoms with Crippen molar-refractivity contribution in [2.45, 2.75) is 43.0 Å². The highest BCUT2D eigenvalue weighted by atomic mass is 32.2. The van der Waals surface area contributed by atoms with Crippen LogP contribution in [0.4, 0.5) is 5.69 Å². The molecule has 1 aliphatic carbocycles. The van der Waals surface area contributed by atoms with E-state index in [1.165, 1.54) is 16.4 Å². The molecule has 2 aliphatic rings. The van der Waals surface area contributed by atoms with Crippen LogP contribution < -0.4 is 10.6 Å². The second kappa shape index (κ2) is 8.57. The lowest BCUT2D eigenvalue weighted by Gasteiger charge is -2.26. The summed E-state index contributed by atoms with van der Waals surface area (Å²) in [5, 5.41) is 5.67. The number of carbonyl (C=O) groups is 2. The summed E-state index contributed by atoms with van der Waals surface area (Å²) in [4.78, 5) is 24.8. The lowest BCUT2D eigenvalue weighted by atomic mass is 10.1. The summed E-state index contributed by atoms with van der Waals surface area (Å²) in [5.74, 6) is -0.521. The molecule has 0 aromatic heterocycles. The molecule has 2 aromatic rings. The molecule has 30 heavy (non-hydrogen) atoms. The first-order chi connectivity index (χ1) is 14.4. The summed E-state index contributed by atoms with van der Waals surface area (Å²) in [7, 11) is -3.60. The van der Waals surface area contributed by atoms with Gasteiger partial charge in [0.15, 0.2) is 0 Å². The standard InChI is InChI=1S/C22H25N3O4S/c26-21(23-19-11-12-19)16-7-9-18(10-8-16)24-22(27)17-5-4-6-20(15-17)30(28,29)25-13-2-1-3-14-25/h4-10,15,19H,1-3,11-14H2,(H,23,26)(H,24,27). The van der Waals surface area contributed by atoms with Crippen molar-refractivity contribution in [2.24, 2.45) is 0 Å². The van der Waals surface area contributed by atoms with Gasteiger partial charge in [-0.3, -0.25) is 9.59 Å². The van der Waals surface area contributed by atoms with Gasteiger partial charge in [0.05, 0.1) is 4.90 Å². The van der Waals surface area contributed by atoms with Crippen LogP contribution in [0.15, 0.2) is 53.4 Å². The van der Waals surface area contributed by atoms with Crippen molar-refractivity contribution < 1.29 is 18.0 Å². The molecule has 0 unspecified atom stereocenters. The van der Waals surface area contributed by atoms with Crippen LogP contribution in [0, 0.1) is 0 Å². The zero-order valence-electron chi connectivity index (χ0n) is 16.6. The van der Waals surface area contributed by atoms with Crippen molar-refractivity contribution in [2.75, 3.05) is 18.4 Å². The first-order valence-electron chi connectivity index (χ1n) is 10.3. The van der Waals surface area contributed by atoms with Crippen LogP contribution in [-0.4, -0.2) is 43.7 Å². The van der Waals surface area contributed by atoms with Crippen molar-refractivity contribution in [1.82, 2.24) is 9.62 Å². The molecular formula is C22H25N3O4S. The molecule has 0 spiro atoms. The smallest absolute Gasteiger partial charge is 0.255 e. The number of piperidine rings is 1. The van der Waals surface area contributed by atoms with Gasteiger partial charge < -0.3 is 10.6 Å². The van der Waals surface area contributed by atoms with Gasteiger partial charge in [-0.15, -0.1) is 0 Å². The fourth-order valence-electron chi connectivity index (χ4n) is 3.46. The Morgan fingerprint density at radius 3 is 2.23 bits per heavy atom. The molecule has 8 heteroatoms. The number of anilines is 1. The number of nitrogens with zero attached hydrogens (tertiary/aromatic N) is 1. The fraction of sp³-hybridized carbons (Fsp3) is 0.364. The average Bonchev–Trinajstić information content (AvgIpc) is 3.59. The van der Waals surface area contributed by atoms with E-state index in [2.05, 4.69) is 10.6 Å². The maximum Gasteiger partial charge on any atom is 0.255 e. The highest BCUT2D eigenvalue weighted by Gasteiger charge is 2.26. The zero-order chi connectivity index (χ0) is 21.1. The van der Waals surface area contributed by atoms with E-state index in [9.17, 15) is 18.0 Å². The quantitative estimate of drug-likeness (QED) is 0.741. The van der Waals surface area contributed by atoms with Crippen LogP contribution in [0.1, 0.15) is 52.8 Å². The van der Waals surface area contributed by atoms with Crippen molar-refractivity contribution in [3.63, 3.8) is 0 Å². The topological polar surface area (TPSA) is 95.6 Å². The summed E-state index contributed by atoms with van der Waals surface area (Å²) in [6.07, 6.45) is 4.79. The van der Waals surface area contributed by atoms with E-state index in [1.807, 2.05) is 0 Å². The Morgan fingerprint density at radius 2 is 1.57 bits per heavy atom. The molecule has 2 aromatic carbocycles. The maximum absolute atomic E-state index is 12.9. The summed E-state index contributed by atoms with van der Waals surface area (Å²) in [6.45, 7) is 1.03. The Bertz CT molecular complexity index is 1040. The minimum atomic E-state index is -3.60. The molecule has 2 fully saturated rings. The lowest BCUT2D eigenvalue weighted by molar-refractivity contribution is 0.0950. The third-order valence-electron chi connectivity index (χ3n) is 5.37. The highest BCUT2D eigenvalue weighted by Crippen LogP contribution is 2.22. The van der Waals surface area contributed by atoms with Gasteiger partial charge in [0.2, 0.25) is 10.0 Å². The van der Waals surface area contributed by atoms with Crippen LogP contribution in [0.25, 0.3) is 0 Å². The Morgan fingerprint density at radius 1 is 0.867 bits per heavy atom. The van der Waals surface area contributed by atoms with E-state index in [0.717, 1.165) is 32.1 Å². The maximum atomic E-state index is 12.9.